The van der Waals surface area contributed by atoms with Crippen molar-refractivity contribution in [3.05, 3.63) is 0 Å². The SMILES string of the molecule is CCN1CCC(CNC(=NC)NCCNC(=O)OC(C)(C)C)C1. The molecule has 0 aromatic heterocycles. The van der Waals surface area contributed by atoms with Crippen molar-refractivity contribution in [2.75, 3.05) is 46.3 Å². The fourth-order valence-corrected chi connectivity index (χ4v) is 2.49. The van der Waals surface area contributed by atoms with Gasteiger partial charge in [-0.1, -0.05) is 6.92 Å². The van der Waals surface area contributed by atoms with Gasteiger partial charge in [-0.3, -0.25) is 4.99 Å². The predicted molar refractivity (Wildman–Crippen MR) is 93.8 cm³/mol. The lowest BCUT2D eigenvalue weighted by molar-refractivity contribution is 0.0529. The smallest absolute Gasteiger partial charge is 0.407 e. The Morgan fingerprint density at radius 1 is 1.26 bits per heavy atom. The van der Waals surface area contributed by atoms with Crippen LogP contribution in [0.1, 0.15) is 34.1 Å². The Morgan fingerprint density at radius 2 is 1.96 bits per heavy atom. The number of carbonyl (C=O) groups is 1. The summed E-state index contributed by atoms with van der Waals surface area (Å²) < 4.78 is 5.18. The van der Waals surface area contributed by atoms with Crippen molar-refractivity contribution in [2.45, 2.75) is 39.7 Å². The molecule has 0 bridgehead atoms. The van der Waals surface area contributed by atoms with Gasteiger partial charge in [0.15, 0.2) is 5.96 Å². The Morgan fingerprint density at radius 3 is 2.52 bits per heavy atom. The first-order chi connectivity index (χ1) is 10.8. The molecule has 0 aromatic rings. The van der Waals surface area contributed by atoms with Crippen LogP contribution in [-0.2, 0) is 4.74 Å². The van der Waals surface area contributed by atoms with Crippen LogP contribution in [0.2, 0.25) is 0 Å². The Balaban J connectivity index is 2.14. The molecule has 1 aliphatic rings. The standard InChI is InChI=1S/C16H33N5O2/c1-6-21-10-7-13(12-21)11-20-14(17-5)18-8-9-19-15(22)23-16(2,3)4/h13H,6-12H2,1-5H3,(H,19,22)(H2,17,18,20). The fraction of sp³-hybridized carbons (Fsp3) is 0.875. The molecule has 3 N–H and O–H groups in total. The number of rotatable bonds is 6. The quantitative estimate of drug-likeness (QED) is 0.386. The lowest BCUT2D eigenvalue weighted by atomic mass is 10.1. The van der Waals surface area contributed by atoms with Gasteiger partial charge in [-0.25, -0.2) is 4.79 Å². The van der Waals surface area contributed by atoms with E-state index < -0.39 is 11.7 Å². The van der Waals surface area contributed by atoms with Gasteiger partial charge in [-0.2, -0.15) is 0 Å². The topological polar surface area (TPSA) is 78.0 Å². The second-order valence-electron chi connectivity index (χ2n) is 6.86. The van der Waals surface area contributed by atoms with Crippen LogP contribution in [0, 0.1) is 5.92 Å². The molecule has 1 fully saturated rings. The van der Waals surface area contributed by atoms with Crippen LogP contribution < -0.4 is 16.0 Å². The lowest BCUT2D eigenvalue weighted by Crippen LogP contribution is -2.44. The Labute approximate surface area is 140 Å². The maximum atomic E-state index is 11.5. The maximum absolute atomic E-state index is 11.5. The highest BCUT2D eigenvalue weighted by molar-refractivity contribution is 5.79. The van der Waals surface area contributed by atoms with Gasteiger partial charge < -0.3 is 25.6 Å². The summed E-state index contributed by atoms with van der Waals surface area (Å²) in [5.41, 5.74) is -0.469. The number of nitrogens with one attached hydrogen (secondary N) is 3. The molecular weight excluding hydrogens is 294 g/mol. The van der Waals surface area contributed by atoms with Crippen LogP contribution in [0.5, 0.6) is 0 Å². The van der Waals surface area contributed by atoms with E-state index in [9.17, 15) is 4.79 Å². The predicted octanol–water partition coefficient (Wildman–Crippen LogP) is 1.02. The number of amides is 1. The number of carbonyl (C=O) groups excluding carboxylic acids is 1. The zero-order valence-corrected chi connectivity index (χ0v) is 15.2. The number of likely N-dealkylation sites (tertiary alicyclic amines) is 1. The third kappa shape index (κ3) is 8.64. The van der Waals surface area contributed by atoms with Crippen LogP contribution in [-0.4, -0.2) is 68.9 Å². The average molecular weight is 327 g/mol. The van der Waals surface area contributed by atoms with Crippen molar-refractivity contribution >= 4 is 12.1 Å². The Bertz CT molecular complexity index is 392. The van der Waals surface area contributed by atoms with Gasteiger partial charge in [0.05, 0.1) is 0 Å². The first kappa shape index (κ1) is 19.5. The van der Waals surface area contributed by atoms with Gasteiger partial charge in [0.25, 0.3) is 0 Å². The van der Waals surface area contributed by atoms with Crippen LogP contribution in [0.15, 0.2) is 4.99 Å². The van der Waals surface area contributed by atoms with E-state index in [0.717, 1.165) is 25.6 Å². The number of alkyl carbamates (subject to hydrolysis) is 1. The van der Waals surface area contributed by atoms with Crippen LogP contribution in [0.25, 0.3) is 0 Å². The van der Waals surface area contributed by atoms with E-state index in [1.165, 1.54) is 13.0 Å². The van der Waals surface area contributed by atoms with Gasteiger partial charge in [0.2, 0.25) is 0 Å². The van der Waals surface area contributed by atoms with E-state index in [-0.39, 0.29) is 0 Å². The molecule has 0 aromatic carbocycles. The average Bonchev–Trinajstić information content (AvgIpc) is 2.92. The van der Waals surface area contributed by atoms with Gasteiger partial charge in [-0.05, 0) is 46.2 Å². The lowest BCUT2D eigenvalue weighted by Gasteiger charge is -2.20. The third-order valence-corrected chi connectivity index (χ3v) is 3.68. The molecule has 7 nitrogen and oxygen atoms in total. The number of nitrogens with zero attached hydrogens (tertiary/aromatic N) is 2. The molecule has 1 heterocycles. The second kappa shape index (κ2) is 9.60. The van der Waals surface area contributed by atoms with Gasteiger partial charge in [-0.15, -0.1) is 0 Å². The molecule has 0 aliphatic carbocycles. The molecule has 23 heavy (non-hydrogen) atoms. The summed E-state index contributed by atoms with van der Waals surface area (Å²) in [7, 11) is 1.75. The first-order valence-electron chi connectivity index (χ1n) is 8.47. The Kier molecular flexibility index (Phi) is 8.16. The van der Waals surface area contributed by atoms with Crippen molar-refractivity contribution < 1.29 is 9.53 Å². The molecule has 1 amide bonds. The number of hydrogen-bond donors (Lipinski definition) is 3. The number of ether oxygens (including phenoxy) is 1. The minimum absolute atomic E-state index is 0.396. The largest absolute Gasteiger partial charge is 0.444 e. The molecule has 1 aliphatic heterocycles. The molecule has 1 rings (SSSR count). The molecule has 0 spiro atoms. The molecule has 0 radical (unpaired) electrons. The van der Waals surface area contributed by atoms with Gasteiger partial charge in [0, 0.05) is 33.2 Å². The van der Waals surface area contributed by atoms with E-state index >= 15 is 0 Å². The molecule has 1 unspecified atom stereocenters. The number of guanidine groups is 1. The summed E-state index contributed by atoms with van der Waals surface area (Å²) in [6.45, 7) is 13.2. The molecular formula is C16H33N5O2. The van der Waals surface area contributed by atoms with Crippen LogP contribution >= 0.6 is 0 Å². The number of hydrogen-bond acceptors (Lipinski definition) is 4. The second-order valence-corrected chi connectivity index (χ2v) is 6.86. The highest BCUT2D eigenvalue weighted by Gasteiger charge is 2.21. The van der Waals surface area contributed by atoms with Crippen molar-refractivity contribution in [3.63, 3.8) is 0 Å². The monoisotopic (exact) mass is 327 g/mol. The summed E-state index contributed by atoms with van der Waals surface area (Å²) in [5, 5.41) is 9.26. The summed E-state index contributed by atoms with van der Waals surface area (Å²) in [6.07, 6.45) is 0.839. The normalized spacial score (nSPS) is 19.5. The van der Waals surface area contributed by atoms with Crippen molar-refractivity contribution in [2.24, 2.45) is 10.9 Å². The van der Waals surface area contributed by atoms with Crippen LogP contribution in [0.4, 0.5) is 4.79 Å². The molecule has 1 saturated heterocycles. The van der Waals surface area contributed by atoms with E-state index in [2.05, 4.69) is 32.8 Å². The zero-order valence-electron chi connectivity index (χ0n) is 15.2. The minimum Gasteiger partial charge on any atom is -0.444 e. The van der Waals surface area contributed by atoms with E-state index in [0.29, 0.717) is 19.0 Å². The first-order valence-corrected chi connectivity index (χ1v) is 8.47. The maximum Gasteiger partial charge on any atom is 0.407 e. The zero-order chi connectivity index (χ0) is 17.3. The van der Waals surface area contributed by atoms with Crippen LogP contribution in [0.3, 0.4) is 0 Å². The minimum atomic E-state index is -0.469. The Hall–Kier alpha value is -1.50. The summed E-state index contributed by atoms with van der Waals surface area (Å²) in [6, 6.07) is 0. The molecule has 0 saturated carbocycles. The molecule has 1 atom stereocenters. The van der Waals surface area contributed by atoms with Crippen molar-refractivity contribution in [1.29, 1.82) is 0 Å². The third-order valence-electron chi connectivity index (χ3n) is 3.68. The highest BCUT2D eigenvalue weighted by atomic mass is 16.6. The fourth-order valence-electron chi connectivity index (χ4n) is 2.49. The van der Waals surface area contributed by atoms with Gasteiger partial charge >= 0.3 is 6.09 Å². The van der Waals surface area contributed by atoms with Crippen molar-refractivity contribution in [1.82, 2.24) is 20.9 Å². The van der Waals surface area contributed by atoms with E-state index in [1.807, 2.05) is 20.8 Å². The van der Waals surface area contributed by atoms with Crippen molar-refractivity contribution in [3.8, 4) is 0 Å². The molecule has 134 valence electrons. The number of aliphatic imine (C=N–C) groups is 1. The highest BCUT2D eigenvalue weighted by Crippen LogP contribution is 2.14. The van der Waals surface area contributed by atoms with E-state index in [4.69, 9.17) is 4.74 Å². The van der Waals surface area contributed by atoms with E-state index in [1.54, 1.807) is 7.05 Å². The summed E-state index contributed by atoms with van der Waals surface area (Å²) >= 11 is 0. The summed E-state index contributed by atoms with van der Waals surface area (Å²) in [4.78, 5) is 18.2. The summed E-state index contributed by atoms with van der Waals surface area (Å²) in [5.74, 6) is 1.44. The molecule has 7 heteroatoms. The van der Waals surface area contributed by atoms with Gasteiger partial charge in [0.1, 0.15) is 5.60 Å².